The minimum absolute atomic E-state index is 0.127. The van der Waals surface area contributed by atoms with E-state index >= 15 is 0 Å². The number of aryl methyl sites for hydroxylation is 2. The summed E-state index contributed by atoms with van der Waals surface area (Å²) in [5.74, 6) is 0. The van der Waals surface area contributed by atoms with E-state index in [4.69, 9.17) is 4.98 Å². The predicted molar refractivity (Wildman–Crippen MR) is 96.0 cm³/mol. The van der Waals surface area contributed by atoms with Crippen molar-refractivity contribution in [1.29, 1.82) is 0 Å². The third-order valence-electron chi connectivity index (χ3n) is 3.31. The van der Waals surface area contributed by atoms with Crippen molar-refractivity contribution >= 4 is 27.3 Å². The van der Waals surface area contributed by atoms with Crippen molar-refractivity contribution in [3.8, 4) is 10.6 Å². The second-order valence-corrected chi connectivity index (χ2v) is 8.25. The molecule has 1 aromatic carbocycles. The maximum Gasteiger partial charge on any atom is 0.123 e. The molecule has 0 amide bonds. The van der Waals surface area contributed by atoms with Crippen LogP contribution in [0.3, 0.4) is 0 Å². The van der Waals surface area contributed by atoms with Crippen molar-refractivity contribution in [2.45, 2.75) is 53.1 Å². The Morgan fingerprint density at radius 1 is 1.29 bits per heavy atom. The molecule has 21 heavy (non-hydrogen) atoms. The van der Waals surface area contributed by atoms with Crippen LogP contribution in [0.2, 0.25) is 0 Å². The zero-order chi connectivity index (χ0) is 15.6. The van der Waals surface area contributed by atoms with Gasteiger partial charge >= 0.3 is 0 Å². The summed E-state index contributed by atoms with van der Waals surface area (Å²) in [6.07, 6.45) is 0.977. The first-order valence-corrected chi connectivity index (χ1v) is 8.91. The Balaban J connectivity index is 2.29. The van der Waals surface area contributed by atoms with Crippen molar-refractivity contribution in [3.05, 3.63) is 38.8 Å². The average Bonchev–Trinajstić information content (AvgIpc) is 2.82. The lowest BCUT2D eigenvalue weighted by Gasteiger charge is -2.20. The molecule has 0 saturated heterocycles. The predicted octanol–water partition coefficient (Wildman–Crippen LogP) is 5.33. The lowest BCUT2D eigenvalue weighted by molar-refractivity contribution is 0.425. The van der Waals surface area contributed by atoms with E-state index in [0.29, 0.717) is 0 Å². The Hall–Kier alpha value is -0.710. The third kappa shape index (κ3) is 4.38. The Kier molecular flexibility index (Phi) is 5.23. The van der Waals surface area contributed by atoms with E-state index in [0.717, 1.165) is 22.4 Å². The molecule has 2 nitrogen and oxygen atoms in total. The van der Waals surface area contributed by atoms with E-state index in [1.165, 1.54) is 21.7 Å². The molecule has 0 radical (unpaired) electrons. The number of halogens is 1. The molecule has 2 rings (SSSR count). The molecule has 1 N–H and O–H groups in total. The number of rotatable bonds is 4. The molecule has 2 aromatic rings. The molecule has 4 heteroatoms. The fourth-order valence-corrected chi connectivity index (χ4v) is 3.46. The maximum atomic E-state index is 4.83. The van der Waals surface area contributed by atoms with Gasteiger partial charge in [-0.05, 0) is 45.7 Å². The Morgan fingerprint density at radius 3 is 2.57 bits per heavy atom. The van der Waals surface area contributed by atoms with E-state index in [1.54, 1.807) is 11.3 Å². The van der Waals surface area contributed by atoms with Crippen LogP contribution in [0, 0.1) is 6.92 Å². The number of hydrogen-bond donors (Lipinski definition) is 1. The van der Waals surface area contributed by atoms with Crippen LogP contribution in [0.1, 0.15) is 43.8 Å². The standard InChI is InChI=1S/C17H23BrN2S/c1-6-14-15(10-19-17(3,4)5)21-16(20-14)12-8-7-11(2)13(18)9-12/h7-9,19H,6,10H2,1-5H3. The Morgan fingerprint density at radius 2 is 2.00 bits per heavy atom. The van der Waals surface area contributed by atoms with Crippen LogP contribution in [-0.4, -0.2) is 10.5 Å². The molecule has 0 aliphatic rings. The van der Waals surface area contributed by atoms with Gasteiger partial charge in [-0.15, -0.1) is 11.3 Å². The van der Waals surface area contributed by atoms with Crippen LogP contribution in [0.15, 0.2) is 22.7 Å². The highest BCUT2D eigenvalue weighted by Crippen LogP contribution is 2.31. The van der Waals surface area contributed by atoms with Crippen molar-refractivity contribution in [3.63, 3.8) is 0 Å². The van der Waals surface area contributed by atoms with Crippen LogP contribution in [0.25, 0.3) is 10.6 Å². The molecule has 1 aromatic heterocycles. The van der Waals surface area contributed by atoms with Gasteiger partial charge in [0, 0.05) is 27.0 Å². The van der Waals surface area contributed by atoms with Crippen molar-refractivity contribution in [1.82, 2.24) is 10.3 Å². The summed E-state index contributed by atoms with van der Waals surface area (Å²) in [4.78, 5) is 6.17. The third-order valence-corrected chi connectivity index (χ3v) is 5.31. The SMILES string of the molecule is CCc1nc(-c2ccc(C)c(Br)c2)sc1CNC(C)(C)C. The van der Waals surface area contributed by atoms with E-state index in [2.05, 4.69) is 74.1 Å². The number of thiazole rings is 1. The first-order valence-electron chi connectivity index (χ1n) is 7.30. The highest BCUT2D eigenvalue weighted by molar-refractivity contribution is 9.10. The molecule has 0 bridgehead atoms. The van der Waals surface area contributed by atoms with Crippen LogP contribution in [0.4, 0.5) is 0 Å². The van der Waals surface area contributed by atoms with Gasteiger partial charge in [-0.3, -0.25) is 0 Å². The fraction of sp³-hybridized carbons (Fsp3) is 0.471. The van der Waals surface area contributed by atoms with Gasteiger partial charge in [0.1, 0.15) is 5.01 Å². The number of hydrogen-bond acceptors (Lipinski definition) is 3. The van der Waals surface area contributed by atoms with Gasteiger partial charge in [-0.2, -0.15) is 0 Å². The quantitative estimate of drug-likeness (QED) is 0.790. The molecule has 0 aliphatic carbocycles. The minimum atomic E-state index is 0.127. The van der Waals surface area contributed by atoms with Crippen LogP contribution in [0.5, 0.6) is 0 Å². The highest BCUT2D eigenvalue weighted by atomic mass is 79.9. The minimum Gasteiger partial charge on any atom is -0.307 e. The normalized spacial score (nSPS) is 11.9. The molecule has 0 spiro atoms. The smallest absolute Gasteiger partial charge is 0.123 e. The summed E-state index contributed by atoms with van der Waals surface area (Å²) < 4.78 is 1.14. The summed E-state index contributed by atoms with van der Waals surface area (Å²) in [5.41, 5.74) is 3.78. The first-order chi connectivity index (χ1) is 9.80. The second kappa shape index (κ2) is 6.59. The fourth-order valence-electron chi connectivity index (χ4n) is 1.99. The molecule has 0 saturated carbocycles. The highest BCUT2D eigenvalue weighted by Gasteiger charge is 2.15. The van der Waals surface area contributed by atoms with Crippen molar-refractivity contribution in [2.24, 2.45) is 0 Å². The summed E-state index contributed by atoms with van der Waals surface area (Å²) in [7, 11) is 0. The maximum absolute atomic E-state index is 4.83. The van der Waals surface area contributed by atoms with E-state index in [1.807, 2.05) is 0 Å². The summed E-state index contributed by atoms with van der Waals surface area (Å²) in [6, 6.07) is 6.45. The number of nitrogens with one attached hydrogen (secondary N) is 1. The van der Waals surface area contributed by atoms with Gasteiger partial charge in [-0.25, -0.2) is 4.98 Å². The summed E-state index contributed by atoms with van der Waals surface area (Å²) in [5, 5.41) is 4.67. The van der Waals surface area contributed by atoms with Gasteiger partial charge in [0.25, 0.3) is 0 Å². The second-order valence-electron chi connectivity index (χ2n) is 6.31. The molecule has 0 unspecified atom stereocenters. The van der Waals surface area contributed by atoms with Gasteiger partial charge < -0.3 is 5.32 Å². The molecule has 0 aliphatic heterocycles. The van der Waals surface area contributed by atoms with Crippen LogP contribution in [-0.2, 0) is 13.0 Å². The zero-order valence-corrected chi connectivity index (χ0v) is 15.8. The molecule has 0 fully saturated rings. The Labute approximate surface area is 140 Å². The molecule has 1 heterocycles. The van der Waals surface area contributed by atoms with E-state index in [-0.39, 0.29) is 5.54 Å². The largest absolute Gasteiger partial charge is 0.307 e. The van der Waals surface area contributed by atoms with E-state index in [9.17, 15) is 0 Å². The summed E-state index contributed by atoms with van der Waals surface area (Å²) >= 11 is 5.41. The monoisotopic (exact) mass is 366 g/mol. The van der Waals surface area contributed by atoms with Gasteiger partial charge in [0.15, 0.2) is 0 Å². The van der Waals surface area contributed by atoms with Gasteiger partial charge in [0.2, 0.25) is 0 Å². The van der Waals surface area contributed by atoms with E-state index < -0.39 is 0 Å². The Bertz CT molecular complexity index is 626. The van der Waals surface area contributed by atoms with Gasteiger partial charge in [0.05, 0.1) is 5.69 Å². The van der Waals surface area contributed by atoms with Crippen LogP contribution >= 0.6 is 27.3 Å². The van der Waals surface area contributed by atoms with Crippen molar-refractivity contribution < 1.29 is 0 Å². The first kappa shape index (κ1) is 16.7. The molecule has 0 atom stereocenters. The topological polar surface area (TPSA) is 24.9 Å². The van der Waals surface area contributed by atoms with Crippen LogP contribution < -0.4 is 5.32 Å². The summed E-state index contributed by atoms with van der Waals surface area (Å²) in [6.45, 7) is 11.7. The lowest BCUT2D eigenvalue weighted by Crippen LogP contribution is -2.35. The number of aromatic nitrogens is 1. The molecular formula is C17H23BrN2S. The molecular weight excluding hydrogens is 344 g/mol. The number of benzene rings is 1. The average molecular weight is 367 g/mol. The number of nitrogens with zero attached hydrogens (tertiary/aromatic N) is 1. The van der Waals surface area contributed by atoms with Crippen molar-refractivity contribution in [2.75, 3.05) is 0 Å². The lowest BCUT2D eigenvalue weighted by atomic mass is 10.1. The molecule has 114 valence electrons. The zero-order valence-electron chi connectivity index (χ0n) is 13.4. The van der Waals surface area contributed by atoms with Gasteiger partial charge in [-0.1, -0.05) is 35.0 Å².